The number of unbranched alkanes of at least 4 members (excludes halogenated alkanes) is 36. The van der Waals surface area contributed by atoms with Crippen LogP contribution in [0.1, 0.15) is 326 Å². The maximum absolute atomic E-state index is 14.0. The smallest absolute Gasteiger partial charge is 0.338 e. The van der Waals surface area contributed by atoms with Gasteiger partial charge in [-0.15, -0.1) is 0 Å². The number of rotatable bonds is 48. The van der Waals surface area contributed by atoms with Crippen molar-refractivity contribution in [2.45, 2.75) is 285 Å². The summed E-state index contributed by atoms with van der Waals surface area (Å²) in [4.78, 5) is 94.0. The zero-order valence-electron chi connectivity index (χ0n) is 61.0. The second kappa shape index (κ2) is 42.4. The van der Waals surface area contributed by atoms with Crippen molar-refractivity contribution in [1.29, 1.82) is 0 Å². The monoisotopic (exact) mass is 1360 g/mol. The van der Waals surface area contributed by atoms with E-state index >= 15 is 0 Å². The Bertz CT molecular complexity index is 3660. The highest BCUT2D eigenvalue weighted by atomic mass is 16.5. The second-order valence-electron chi connectivity index (χ2n) is 27.9. The fourth-order valence-corrected chi connectivity index (χ4v) is 13.7. The zero-order chi connectivity index (χ0) is 69.9. The molecule has 2 aliphatic rings. The average Bonchev–Trinajstić information content (AvgIpc) is 1.61. The van der Waals surface area contributed by atoms with Gasteiger partial charge in [0.2, 0.25) is 0 Å². The molecule has 5 heterocycles. The van der Waals surface area contributed by atoms with E-state index in [9.17, 15) is 19.2 Å². The molecular formula is C84H114N8O8. The van der Waals surface area contributed by atoms with Gasteiger partial charge < -0.3 is 28.9 Å². The lowest BCUT2D eigenvalue weighted by Crippen LogP contribution is -2.06. The van der Waals surface area contributed by atoms with Crippen molar-refractivity contribution in [3.8, 4) is 45.6 Å². The van der Waals surface area contributed by atoms with Crippen LogP contribution in [-0.2, 0) is 18.9 Å². The Morgan fingerprint density at radius 3 is 0.740 bits per heavy atom. The zero-order valence-corrected chi connectivity index (χ0v) is 61.0. The number of aromatic nitrogens is 8. The first kappa shape index (κ1) is 76.3. The lowest BCUT2D eigenvalue weighted by molar-refractivity contribution is 0.0488. The summed E-state index contributed by atoms with van der Waals surface area (Å²) in [6.45, 7) is 10.2. The van der Waals surface area contributed by atoms with Gasteiger partial charge in [-0.1, -0.05) is 259 Å². The Kier molecular flexibility index (Phi) is 32.3. The van der Waals surface area contributed by atoms with Crippen molar-refractivity contribution >= 4 is 68.0 Å². The van der Waals surface area contributed by atoms with Crippen LogP contribution in [0.4, 0.5) is 0 Å². The number of carbonyl (C=O) groups is 4. The van der Waals surface area contributed by atoms with Crippen LogP contribution in [0.3, 0.4) is 0 Å². The summed E-state index contributed by atoms with van der Waals surface area (Å²) in [7, 11) is 0. The van der Waals surface area contributed by atoms with Gasteiger partial charge in [0, 0.05) is 43.8 Å². The van der Waals surface area contributed by atoms with Gasteiger partial charge in [-0.3, -0.25) is 0 Å². The molecular weight excluding hydrogens is 1250 g/mol. The highest BCUT2D eigenvalue weighted by Crippen LogP contribution is 2.39. The lowest BCUT2D eigenvalue weighted by Gasteiger charge is -2.07. The summed E-state index contributed by atoms with van der Waals surface area (Å²) in [6.07, 6.45) is 46.9. The Labute approximate surface area is 594 Å². The molecule has 0 atom stereocenters. The van der Waals surface area contributed by atoms with Gasteiger partial charge in [0.25, 0.3) is 0 Å². The Hall–Kier alpha value is -7.88. The first-order chi connectivity index (χ1) is 49.2. The molecule has 0 spiro atoms. The third kappa shape index (κ3) is 23.1. The number of H-pyrrole nitrogens is 2. The van der Waals surface area contributed by atoms with Gasteiger partial charge in [0.1, 0.15) is 22.6 Å². The second-order valence-corrected chi connectivity index (χ2v) is 27.9. The molecule has 0 amide bonds. The number of benzene rings is 4. The van der Waals surface area contributed by atoms with Gasteiger partial charge in [0.15, 0.2) is 23.3 Å². The predicted molar refractivity (Wildman–Crippen MR) is 405 cm³/mol. The van der Waals surface area contributed by atoms with Gasteiger partial charge in [-0.2, -0.15) is 0 Å². The minimum atomic E-state index is -0.447. The number of esters is 4. The van der Waals surface area contributed by atoms with Crippen molar-refractivity contribution in [1.82, 2.24) is 39.9 Å². The molecule has 7 aromatic rings. The van der Waals surface area contributed by atoms with Crippen LogP contribution in [-0.4, -0.2) is 90.2 Å². The number of ether oxygens (including phenoxy) is 4. The van der Waals surface area contributed by atoms with Gasteiger partial charge in [-0.05, 0) is 98.5 Å². The molecule has 0 saturated heterocycles. The minimum absolute atomic E-state index is 0.267. The molecule has 16 nitrogen and oxygen atoms in total. The molecule has 3 aromatic heterocycles. The maximum Gasteiger partial charge on any atom is 0.338 e. The molecule has 0 fully saturated rings. The van der Waals surface area contributed by atoms with E-state index in [0.717, 1.165) is 77.0 Å². The van der Waals surface area contributed by atoms with E-state index in [1.54, 1.807) is 48.5 Å². The molecule has 0 aliphatic carbocycles. The van der Waals surface area contributed by atoms with Gasteiger partial charge >= 0.3 is 23.9 Å². The molecule has 100 heavy (non-hydrogen) atoms. The lowest BCUT2D eigenvalue weighted by atomic mass is 10.0. The van der Waals surface area contributed by atoms with Crippen molar-refractivity contribution in [3.05, 3.63) is 95.1 Å². The highest BCUT2D eigenvalue weighted by Gasteiger charge is 2.26. The molecule has 2 N–H and O–H groups in total. The van der Waals surface area contributed by atoms with Gasteiger partial charge in [-0.25, -0.2) is 49.1 Å². The predicted octanol–water partition coefficient (Wildman–Crippen LogP) is 23.2. The molecule has 0 saturated carbocycles. The maximum atomic E-state index is 14.0. The summed E-state index contributed by atoms with van der Waals surface area (Å²) in [5.74, 6) is -0.659. The summed E-state index contributed by atoms with van der Waals surface area (Å²) in [6, 6.07) is 21.3. The minimum Gasteiger partial charge on any atom is -0.462 e. The molecule has 8 bridgehead atoms. The summed E-state index contributed by atoms with van der Waals surface area (Å²) >= 11 is 0. The third-order valence-electron chi connectivity index (χ3n) is 19.7. The van der Waals surface area contributed by atoms with E-state index in [2.05, 4.69) is 37.7 Å². The van der Waals surface area contributed by atoms with Crippen LogP contribution in [0.5, 0.6) is 0 Å². The van der Waals surface area contributed by atoms with Crippen LogP contribution in [0.25, 0.3) is 89.7 Å². The third-order valence-corrected chi connectivity index (χ3v) is 19.7. The molecule has 0 unspecified atom stereocenters. The quantitative estimate of drug-likeness (QED) is 0.0206. The highest BCUT2D eigenvalue weighted by molar-refractivity contribution is 6.10. The van der Waals surface area contributed by atoms with E-state index in [1.807, 2.05) is 24.3 Å². The Morgan fingerprint density at radius 1 is 0.250 bits per heavy atom. The number of nitrogens with one attached hydrogen (secondary N) is 2. The van der Waals surface area contributed by atoms with Crippen molar-refractivity contribution in [2.75, 3.05) is 26.4 Å². The normalized spacial score (nSPS) is 11.7. The van der Waals surface area contributed by atoms with Crippen LogP contribution in [0, 0.1) is 0 Å². The summed E-state index contributed by atoms with van der Waals surface area (Å²) in [5, 5.41) is 2.42. The van der Waals surface area contributed by atoms with Gasteiger partial charge in [0.05, 0.1) is 48.7 Å². The van der Waals surface area contributed by atoms with Crippen LogP contribution in [0.15, 0.2) is 72.8 Å². The number of nitrogens with zero attached hydrogens (tertiary/aromatic N) is 6. The summed E-state index contributed by atoms with van der Waals surface area (Å²) in [5.41, 5.74) is 5.18. The standard InChI is InChI=1S/C84H114N8O8/c1-5-9-13-17-21-25-29-33-37-41-53-97-81(93)61-45-49-65-69(57-61)77-85-73(65)90-78-71-59-63(83(95)99-55-43-39-35-31-27-23-19-15-11-7-3)47-51-67(71)75(87-78)92-80-72-60-64(84(96)100-56-44-40-36-32-28-24-20-16-12-8-4)48-52-68(72)76(88-80)91-79-70-58-62(46-50-66(70)74(86-79)89-77)82(94)98-54-42-38-34-30-26-22-18-14-10-6-2/h45-52,57-60H,5-44,53-56H2,1-4H3,(H2,85,86,87,88,89,90,91,92). The number of aromatic amines is 2. The topological polar surface area (TPSA) is 214 Å². The van der Waals surface area contributed by atoms with Crippen LogP contribution >= 0.6 is 0 Å². The molecule has 0 radical (unpaired) electrons. The Balaban J connectivity index is 1.06. The molecule has 538 valence electrons. The largest absolute Gasteiger partial charge is 0.462 e. The van der Waals surface area contributed by atoms with E-state index in [1.165, 1.54) is 180 Å². The molecule has 9 rings (SSSR count). The van der Waals surface area contributed by atoms with Crippen LogP contribution < -0.4 is 0 Å². The number of carbonyl (C=O) groups excluding carboxylic acids is 4. The SMILES string of the molecule is CCCCCCCCCCCCOC(=O)c1ccc2c(c1)-c1nc-2nc2[nH]c(nc3nc(nc4[nH]c(n1)c1ccc(C(=O)OCCCCCCCCCCCC)cc41)-c1ccc(C(=O)OCCCCCCCCCCCC)cc1-3)c1ccc(C(=O)OCCCCCCCCCCCC)cc21. The fourth-order valence-electron chi connectivity index (χ4n) is 13.7. The first-order valence-corrected chi connectivity index (χ1v) is 39.3. The summed E-state index contributed by atoms with van der Waals surface area (Å²) < 4.78 is 23.6. The van der Waals surface area contributed by atoms with Crippen molar-refractivity contribution in [3.63, 3.8) is 0 Å². The van der Waals surface area contributed by atoms with Crippen molar-refractivity contribution in [2.24, 2.45) is 0 Å². The van der Waals surface area contributed by atoms with Crippen LogP contribution in [0.2, 0.25) is 0 Å². The first-order valence-electron chi connectivity index (χ1n) is 39.3. The molecule has 16 heteroatoms. The average molecular weight is 1360 g/mol. The molecule has 4 aromatic carbocycles. The number of hydrogen-bond acceptors (Lipinski definition) is 14. The number of fused-ring (bicyclic) bond motifs is 20. The molecule has 2 aliphatic heterocycles. The van der Waals surface area contributed by atoms with E-state index < -0.39 is 23.9 Å². The van der Waals surface area contributed by atoms with Crippen molar-refractivity contribution < 1.29 is 38.1 Å². The van der Waals surface area contributed by atoms with E-state index in [-0.39, 0.29) is 11.6 Å². The number of hydrogen-bond donors (Lipinski definition) is 2. The Morgan fingerprint density at radius 2 is 0.470 bits per heavy atom. The fraction of sp³-hybridized carbons (Fsp3) is 0.571. The van der Waals surface area contributed by atoms with E-state index in [0.29, 0.717) is 127 Å². The van der Waals surface area contributed by atoms with E-state index in [4.69, 9.17) is 48.9 Å².